The number of fused-ring (bicyclic) bond motifs is 2. The van der Waals surface area contributed by atoms with Crippen molar-refractivity contribution in [3.05, 3.63) is 29.3 Å². The number of carbonyl (C=O) groups excluding carboxylic acids is 1. The van der Waals surface area contributed by atoms with E-state index in [0.29, 0.717) is 5.92 Å². The molecule has 2 aliphatic rings. The van der Waals surface area contributed by atoms with E-state index in [9.17, 15) is 4.79 Å². The zero-order valence-electron chi connectivity index (χ0n) is 11.8. The number of Topliss-reactive ketones (excluding diaryl/α,β-unsaturated/α-hetero) is 1. The second kappa shape index (κ2) is 4.99. The van der Waals surface area contributed by atoms with E-state index in [1.54, 1.807) is 7.11 Å². The zero-order valence-corrected chi connectivity index (χ0v) is 11.8. The summed E-state index contributed by atoms with van der Waals surface area (Å²) in [6, 6.07) is 5.81. The number of aryl methyl sites for hydroxylation is 1. The summed E-state index contributed by atoms with van der Waals surface area (Å²) in [5.41, 5.74) is 1.89. The minimum absolute atomic E-state index is 0.288. The van der Waals surface area contributed by atoms with Gasteiger partial charge in [-0.05, 0) is 55.6 Å². The number of rotatable bonds is 4. The monoisotopic (exact) mass is 258 g/mol. The van der Waals surface area contributed by atoms with Crippen molar-refractivity contribution < 1.29 is 9.53 Å². The molecule has 2 nitrogen and oxygen atoms in total. The third kappa shape index (κ3) is 2.41. The Kier molecular flexibility index (Phi) is 3.34. The fraction of sp³-hybridized carbons (Fsp3) is 0.588. The smallest absolute Gasteiger partial charge is 0.163 e. The quantitative estimate of drug-likeness (QED) is 0.763. The van der Waals surface area contributed by atoms with Crippen LogP contribution in [0, 0.1) is 24.7 Å². The highest BCUT2D eigenvalue weighted by atomic mass is 16.5. The molecule has 2 saturated carbocycles. The number of ketones is 1. The molecule has 0 amide bonds. The molecule has 0 saturated heterocycles. The van der Waals surface area contributed by atoms with Gasteiger partial charge in [-0.15, -0.1) is 0 Å². The van der Waals surface area contributed by atoms with Crippen molar-refractivity contribution in [1.82, 2.24) is 0 Å². The largest absolute Gasteiger partial charge is 0.496 e. The number of ether oxygens (including phenoxy) is 1. The van der Waals surface area contributed by atoms with Crippen molar-refractivity contribution in [2.75, 3.05) is 7.11 Å². The van der Waals surface area contributed by atoms with E-state index >= 15 is 0 Å². The number of benzene rings is 1. The summed E-state index contributed by atoms with van der Waals surface area (Å²) in [6.07, 6.45) is 6.12. The van der Waals surface area contributed by atoms with Crippen molar-refractivity contribution in [2.24, 2.45) is 17.8 Å². The average Bonchev–Trinajstić information content (AvgIpc) is 3.01. The Balaban J connectivity index is 1.70. The fourth-order valence-corrected chi connectivity index (χ4v) is 3.98. The van der Waals surface area contributed by atoms with Gasteiger partial charge in [-0.2, -0.15) is 0 Å². The lowest BCUT2D eigenvalue weighted by Gasteiger charge is -2.20. The Morgan fingerprint density at radius 1 is 1.32 bits per heavy atom. The first kappa shape index (κ1) is 12.7. The lowest BCUT2D eigenvalue weighted by molar-refractivity contribution is 0.0944. The molecule has 0 spiro atoms. The van der Waals surface area contributed by atoms with Gasteiger partial charge in [0.05, 0.1) is 7.11 Å². The first-order chi connectivity index (χ1) is 9.17. The van der Waals surface area contributed by atoms with Crippen molar-refractivity contribution in [2.45, 2.75) is 39.0 Å². The van der Waals surface area contributed by atoms with E-state index in [-0.39, 0.29) is 5.78 Å². The second-order valence-corrected chi connectivity index (χ2v) is 6.25. The van der Waals surface area contributed by atoms with Crippen LogP contribution in [0.15, 0.2) is 18.2 Å². The van der Waals surface area contributed by atoms with Crippen LogP contribution in [-0.2, 0) is 0 Å². The highest BCUT2D eigenvalue weighted by molar-refractivity contribution is 5.96. The van der Waals surface area contributed by atoms with Gasteiger partial charge in [0.1, 0.15) is 5.75 Å². The van der Waals surface area contributed by atoms with Crippen LogP contribution in [0.3, 0.4) is 0 Å². The summed E-state index contributed by atoms with van der Waals surface area (Å²) >= 11 is 0. The molecule has 1 aromatic rings. The molecule has 3 rings (SSSR count). The Morgan fingerprint density at radius 2 is 2.16 bits per heavy atom. The van der Waals surface area contributed by atoms with E-state index < -0.39 is 0 Å². The van der Waals surface area contributed by atoms with Crippen molar-refractivity contribution in [1.29, 1.82) is 0 Å². The maximum Gasteiger partial charge on any atom is 0.163 e. The Morgan fingerprint density at radius 3 is 2.79 bits per heavy atom. The van der Waals surface area contributed by atoms with Crippen LogP contribution in [-0.4, -0.2) is 12.9 Å². The molecule has 3 unspecified atom stereocenters. The number of hydrogen-bond donors (Lipinski definition) is 0. The summed E-state index contributed by atoms with van der Waals surface area (Å²) in [4.78, 5) is 12.4. The summed E-state index contributed by atoms with van der Waals surface area (Å²) in [6.45, 7) is 2.00. The van der Waals surface area contributed by atoms with E-state index in [1.165, 1.54) is 25.7 Å². The van der Waals surface area contributed by atoms with Gasteiger partial charge in [-0.1, -0.05) is 18.6 Å². The third-order valence-electron chi connectivity index (χ3n) is 5.06. The van der Waals surface area contributed by atoms with Crippen LogP contribution in [0.25, 0.3) is 0 Å². The van der Waals surface area contributed by atoms with Gasteiger partial charge in [0.25, 0.3) is 0 Å². The van der Waals surface area contributed by atoms with Gasteiger partial charge in [0, 0.05) is 12.0 Å². The number of hydrogen-bond acceptors (Lipinski definition) is 2. The molecule has 0 heterocycles. The molecule has 0 N–H and O–H groups in total. The van der Waals surface area contributed by atoms with E-state index in [2.05, 4.69) is 0 Å². The SMILES string of the molecule is COc1cc(C(=O)CC2CC3CCC2C3)ccc1C. The molecular weight excluding hydrogens is 236 g/mol. The van der Waals surface area contributed by atoms with Gasteiger partial charge in [0.15, 0.2) is 5.78 Å². The first-order valence-corrected chi connectivity index (χ1v) is 7.35. The molecule has 2 heteroatoms. The van der Waals surface area contributed by atoms with E-state index in [1.807, 2.05) is 25.1 Å². The van der Waals surface area contributed by atoms with Crippen LogP contribution in [0.4, 0.5) is 0 Å². The highest BCUT2D eigenvalue weighted by Gasteiger charge is 2.40. The molecule has 0 aromatic heterocycles. The topological polar surface area (TPSA) is 26.3 Å². The van der Waals surface area contributed by atoms with Gasteiger partial charge in [-0.25, -0.2) is 0 Å². The summed E-state index contributed by atoms with van der Waals surface area (Å²) < 4.78 is 5.30. The average molecular weight is 258 g/mol. The van der Waals surface area contributed by atoms with Gasteiger partial charge < -0.3 is 4.74 Å². The highest BCUT2D eigenvalue weighted by Crippen LogP contribution is 2.49. The third-order valence-corrected chi connectivity index (χ3v) is 5.06. The molecule has 2 aliphatic carbocycles. The van der Waals surface area contributed by atoms with Crippen molar-refractivity contribution >= 4 is 5.78 Å². The molecule has 102 valence electrons. The van der Waals surface area contributed by atoms with Gasteiger partial charge >= 0.3 is 0 Å². The molecule has 2 bridgehead atoms. The standard InChI is InChI=1S/C17H22O2/c1-11-3-5-14(10-17(11)19-2)16(18)9-15-8-12-4-6-13(15)7-12/h3,5,10,12-13,15H,4,6-9H2,1-2H3. The molecule has 1 aromatic carbocycles. The van der Waals surface area contributed by atoms with Crippen LogP contribution in [0.2, 0.25) is 0 Å². The number of carbonyl (C=O) groups is 1. The van der Waals surface area contributed by atoms with E-state index in [4.69, 9.17) is 4.74 Å². The summed E-state index contributed by atoms with van der Waals surface area (Å²) in [7, 11) is 1.66. The summed E-state index contributed by atoms with van der Waals surface area (Å²) in [5.74, 6) is 3.48. The lowest BCUT2D eigenvalue weighted by Crippen LogP contribution is -2.15. The van der Waals surface area contributed by atoms with Crippen LogP contribution in [0.5, 0.6) is 5.75 Å². The fourth-order valence-electron chi connectivity index (χ4n) is 3.98. The van der Waals surface area contributed by atoms with Crippen LogP contribution >= 0.6 is 0 Å². The minimum atomic E-state index is 0.288. The van der Waals surface area contributed by atoms with Crippen LogP contribution in [0.1, 0.15) is 48.0 Å². The first-order valence-electron chi connectivity index (χ1n) is 7.35. The van der Waals surface area contributed by atoms with Gasteiger partial charge in [0.2, 0.25) is 0 Å². The summed E-state index contributed by atoms with van der Waals surface area (Å²) in [5, 5.41) is 0. The maximum absolute atomic E-state index is 12.4. The van der Waals surface area contributed by atoms with Crippen LogP contribution < -0.4 is 4.74 Å². The predicted octanol–water partition coefficient (Wildman–Crippen LogP) is 4.01. The van der Waals surface area contributed by atoms with Crippen molar-refractivity contribution in [3.63, 3.8) is 0 Å². The number of methoxy groups -OCH3 is 1. The molecule has 19 heavy (non-hydrogen) atoms. The second-order valence-electron chi connectivity index (χ2n) is 6.25. The Bertz CT molecular complexity index is 492. The maximum atomic E-state index is 12.4. The molecular formula is C17H22O2. The minimum Gasteiger partial charge on any atom is -0.496 e. The normalized spacial score (nSPS) is 28.6. The molecule has 0 radical (unpaired) electrons. The van der Waals surface area contributed by atoms with Gasteiger partial charge in [-0.3, -0.25) is 4.79 Å². The Hall–Kier alpha value is -1.31. The van der Waals surface area contributed by atoms with Crippen molar-refractivity contribution in [3.8, 4) is 5.75 Å². The van der Waals surface area contributed by atoms with E-state index in [0.717, 1.165) is 35.1 Å². The Labute approximate surface area is 115 Å². The zero-order chi connectivity index (χ0) is 13.4. The molecule has 3 atom stereocenters. The lowest BCUT2D eigenvalue weighted by atomic mass is 9.84. The molecule has 2 fully saturated rings. The molecule has 0 aliphatic heterocycles. The predicted molar refractivity (Wildman–Crippen MR) is 75.6 cm³/mol.